The summed E-state index contributed by atoms with van der Waals surface area (Å²) in [7, 11) is -5.91. The van der Waals surface area contributed by atoms with Gasteiger partial charge in [0.2, 0.25) is 0 Å². The van der Waals surface area contributed by atoms with Gasteiger partial charge in [-0.15, -0.1) is 0 Å². The summed E-state index contributed by atoms with van der Waals surface area (Å²) in [5, 5.41) is 10.7. The summed E-state index contributed by atoms with van der Waals surface area (Å²) in [6.45, 7) is 0. The van der Waals surface area contributed by atoms with Gasteiger partial charge in [0.05, 0.1) is 5.97 Å². The van der Waals surface area contributed by atoms with Crippen LogP contribution in [0.1, 0.15) is 32.1 Å². The van der Waals surface area contributed by atoms with Crippen molar-refractivity contribution in [1.82, 2.24) is 0 Å². The van der Waals surface area contributed by atoms with Crippen molar-refractivity contribution in [3.05, 3.63) is 0 Å². The zero-order valence-corrected chi connectivity index (χ0v) is 10.1. The minimum Gasteiger partial charge on any atom is -0.547 e. The van der Waals surface area contributed by atoms with Gasteiger partial charge in [-0.1, -0.05) is 19.3 Å². The maximum atomic E-state index is 12.1. The van der Waals surface area contributed by atoms with E-state index in [0.717, 1.165) is 6.42 Å². The Kier molecular flexibility index (Phi) is 4.60. The van der Waals surface area contributed by atoms with Crippen LogP contribution < -0.4 is 5.11 Å². The Morgan fingerprint density at radius 3 is 2.11 bits per heavy atom. The third-order valence-corrected chi connectivity index (χ3v) is 3.85. The van der Waals surface area contributed by atoms with Crippen molar-refractivity contribution in [2.45, 2.75) is 43.7 Å². The van der Waals surface area contributed by atoms with E-state index in [0.29, 0.717) is 25.7 Å². The smallest absolute Gasteiger partial charge is 0.523 e. The van der Waals surface area contributed by atoms with Crippen LogP contribution in [-0.2, 0) is 19.1 Å². The molecule has 5 nitrogen and oxygen atoms in total. The van der Waals surface area contributed by atoms with Crippen LogP contribution in [-0.4, -0.2) is 26.0 Å². The van der Waals surface area contributed by atoms with Gasteiger partial charge < -0.3 is 9.90 Å². The molecule has 9 heteroatoms. The van der Waals surface area contributed by atoms with Crippen LogP contribution in [0.2, 0.25) is 0 Å². The Morgan fingerprint density at radius 2 is 1.72 bits per heavy atom. The van der Waals surface area contributed by atoms with Gasteiger partial charge in [-0.05, 0) is 18.8 Å². The third kappa shape index (κ3) is 3.58. The maximum Gasteiger partial charge on any atom is 0.523 e. The molecule has 0 N–H and O–H groups in total. The summed E-state index contributed by atoms with van der Waals surface area (Å²) in [6.07, 6.45) is 0.644. The summed E-state index contributed by atoms with van der Waals surface area (Å²) in [5.74, 6) is -2.70. The average Bonchev–Trinajstić information content (AvgIpc) is 2.25. The van der Waals surface area contributed by atoms with Crippen LogP contribution in [0.15, 0.2) is 0 Å². The molecule has 0 aromatic rings. The molecule has 1 rings (SSSR count). The fourth-order valence-electron chi connectivity index (χ4n) is 1.94. The monoisotopic (exact) mass is 289 g/mol. The highest BCUT2D eigenvalue weighted by Gasteiger charge is 2.49. The number of carbonyl (C=O) groups excluding carboxylic acids is 1. The van der Waals surface area contributed by atoms with Crippen molar-refractivity contribution in [1.29, 1.82) is 0 Å². The molecule has 0 aromatic carbocycles. The molecule has 1 unspecified atom stereocenters. The van der Waals surface area contributed by atoms with Crippen molar-refractivity contribution >= 4 is 16.1 Å². The van der Waals surface area contributed by atoms with E-state index in [9.17, 15) is 31.5 Å². The first-order valence-electron chi connectivity index (χ1n) is 5.35. The van der Waals surface area contributed by atoms with Gasteiger partial charge in [-0.2, -0.15) is 21.6 Å². The molecule has 0 heterocycles. The van der Waals surface area contributed by atoms with E-state index in [1.54, 1.807) is 0 Å². The van der Waals surface area contributed by atoms with E-state index >= 15 is 0 Å². The summed E-state index contributed by atoms with van der Waals surface area (Å²) in [6, 6.07) is 0. The summed E-state index contributed by atoms with van der Waals surface area (Å²) < 4.78 is 61.6. The molecule has 0 aliphatic heterocycles. The number of alkyl halides is 3. The quantitative estimate of drug-likeness (QED) is 0.557. The number of hydrogen-bond acceptors (Lipinski definition) is 5. The highest BCUT2D eigenvalue weighted by atomic mass is 32.2. The Morgan fingerprint density at radius 1 is 1.22 bits per heavy atom. The second-order valence-electron chi connectivity index (χ2n) is 4.13. The molecular weight excluding hydrogens is 277 g/mol. The number of carbonyl (C=O) groups is 1. The zero-order chi connectivity index (χ0) is 14.0. The summed E-state index contributed by atoms with van der Waals surface area (Å²) in [4.78, 5) is 10.7. The SMILES string of the molecule is O=C([O-])C(OS(=O)(=O)C(F)(F)F)C1CCCCC1. The second-order valence-corrected chi connectivity index (χ2v) is 5.70. The van der Waals surface area contributed by atoms with Crippen LogP contribution in [0.5, 0.6) is 0 Å². The Bertz CT molecular complexity index is 397. The van der Waals surface area contributed by atoms with Crippen LogP contribution in [0.3, 0.4) is 0 Å². The molecule has 0 spiro atoms. The van der Waals surface area contributed by atoms with Crippen molar-refractivity contribution in [3.8, 4) is 0 Å². The van der Waals surface area contributed by atoms with Crippen LogP contribution in [0.25, 0.3) is 0 Å². The lowest BCUT2D eigenvalue weighted by Gasteiger charge is -2.30. The molecule has 0 amide bonds. The van der Waals surface area contributed by atoms with E-state index in [4.69, 9.17) is 0 Å². The first-order valence-corrected chi connectivity index (χ1v) is 6.76. The fourth-order valence-corrected chi connectivity index (χ4v) is 2.56. The molecule has 18 heavy (non-hydrogen) atoms. The van der Waals surface area contributed by atoms with Crippen molar-refractivity contribution < 1.29 is 35.7 Å². The Labute approximate surface area is 102 Å². The lowest BCUT2D eigenvalue weighted by Crippen LogP contribution is -2.46. The van der Waals surface area contributed by atoms with Crippen molar-refractivity contribution in [2.24, 2.45) is 5.92 Å². The van der Waals surface area contributed by atoms with Gasteiger partial charge >= 0.3 is 15.6 Å². The Balaban J connectivity index is 2.84. The zero-order valence-electron chi connectivity index (χ0n) is 9.27. The topological polar surface area (TPSA) is 83.5 Å². The maximum absolute atomic E-state index is 12.1. The minimum absolute atomic E-state index is 0.312. The van der Waals surface area contributed by atoms with Crippen LogP contribution >= 0.6 is 0 Å². The van der Waals surface area contributed by atoms with Gasteiger partial charge in [0, 0.05) is 0 Å². The highest BCUT2D eigenvalue weighted by molar-refractivity contribution is 7.87. The molecule has 0 aromatic heterocycles. The number of hydrogen-bond donors (Lipinski definition) is 0. The number of carboxylic acids is 1. The first kappa shape index (κ1) is 15.2. The van der Waals surface area contributed by atoms with E-state index in [1.807, 2.05) is 0 Å². The van der Waals surface area contributed by atoms with Gasteiger partial charge in [-0.3, -0.25) is 4.18 Å². The van der Waals surface area contributed by atoms with Gasteiger partial charge in [0.1, 0.15) is 6.10 Å². The standard InChI is InChI=1S/C9H13F3O5S/c10-9(11,12)18(15,16)17-7(8(13)14)6-4-2-1-3-5-6/h6-7H,1-5H2,(H,13,14)/p-1. The number of halogens is 3. The molecule has 1 fully saturated rings. The predicted molar refractivity (Wildman–Crippen MR) is 51.4 cm³/mol. The Hall–Kier alpha value is -0.830. The number of carboxylic acid groups (broad SMARTS) is 1. The molecule has 0 radical (unpaired) electrons. The molecule has 1 aliphatic carbocycles. The predicted octanol–water partition coefficient (Wildman–Crippen LogP) is 0.551. The van der Waals surface area contributed by atoms with E-state index in [2.05, 4.69) is 4.18 Å². The molecule has 1 aliphatic rings. The van der Waals surface area contributed by atoms with Crippen LogP contribution in [0.4, 0.5) is 13.2 Å². The summed E-state index contributed by atoms with van der Waals surface area (Å²) in [5.41, 5.74) is -5.63. The molecular formula is C9H12F3O5S-. The molecule has 106 valence electrons. The largest absolute Gasteiger partial charge is 0.547 e. The fraction of sp³-hybridized carbons (Fsp3) is 0.889. The summed E-state index contributed by atoms with van der Waals surface area (Å²) >= 11 is 0. The molecule has 0 bridgehead atoms. The van der Waals surface area contributed by atoms with Crippen molar-refractivity contribution in [2.75, 3.05) is 0 Å². The minimum atomic E-state index is -5.91. The third-order valence-electron chi connectivity index (χ3n) is 2.82. The highest BCUT2D eigenvalue weighted by Crippen LogP contribution is 2.32. The number of rotatable bonds is 4. The molecule has 1 atom stereocenters. The second kappa shape index (κ2) is 5.43. The first-order chi connectivity index (χ1) is 8.15. The van der Waals surface area contributed by atoms with Gasteiger partial charge in [0.15, 0.2) is 0 Å². The molecule has 0 saturated heterocycles. The lowest BCUT2D eigenvalue weighted by atomic mass is 9.85. The van der Waals surface area contributed by atoms with Crippen molar-refractivity contribution in [3.63, 3.8) is 0 Å². The van der Waals surface area contributed by atoms with E-state index in [1.165, 1.54) is 0 Å². The average molecular weight is 289 g/mol. The van der Waals surface area contributed by atoms with Crippen LogP contribution in [0, 0.1) is 5.92 Å². The number of aliphatic carboxylic acids is 1. The van der Waals surface area contributed by atoms with Gasteiger partial charge in [-0.25, -0.2) is 0 Å². The normalized spacial score (nSPS) is 20.6. The lowest BCUT2D eigenvalue weighted by molar-refractivity contribution is -0.316. The van der Waals surface area contributed by atoms with E-state index < -0.39 is 33.6 Å². The van der Waals surface area contributed by atoms with E-state index in [-0.39, 0.29) is 0 Å². The molecule has 1 saturated carbocycles. The van der Waals surface area contributed by atoms with Gasteiger partial charge in [0.25, 0.3) is 0 Å².